The van der Waals surface area contributed by atoms with E-state index in [4.69, 9.17) is 4.74 Å². The Morgan fingerprint density at radius 1 is 1.03 bits per heavy atom. The summed E-state index contributed by atoms with van der Waals surface area (Å²) in [7, 11) is 1.40. The molecule has 2 nitrogen and oxygen atoms in total. The maximum Gasteiger partial charge on any atom is 0.460 e. The zero-order valence-corrected chi connectivity index (χ0v) is 16.1. The minimum Gasteiger partial charge on any atom is -0.497 e. The van der Waals surface area contributed by atoms with Crippen LogP contribution in [0.15, 0.2) is 42.2 Å². The van der Waals surface area contributed by atoms with Crippen molar-refractivity contribution < 1.29 is 44.7 Å². The molecular weight excluding hydrogens is 424 g/mol. The lowest BCUT2D eigenvalue weighted by molar-refractivity contribution is -0.347. The van der Waals surface area contributed by atoms with Gasteiger partial charge in [-0.1, -0.05) is 38.0 Å². The van der Waals surface area contributed by atoms with Gasteiger partial charge in [0.15, 0.2) is 5.83 Å². The summed E-state index contributed by atoms with van der Waals surface area (Å²) < 4.78 is 109. The van der Waals surface area contributed by atoms with Gasteiger partial charge in [0.05, 0.1) is 7.11 Å². The summed E-state index contributed by atoms with van der Waals surface area (Å²) in [6, 6.07) is 5.87. The van der Waals surface area contributed by atoms with E-state index in [0.717, 1.165) is 6.08 Å². The quantitative estimate of drug-likeness (QED) is 0.226. The Bertz CT molecular complexity index is 764. The lowest BCUT2D eigenvalue weighted by Gasteiger charge is -2.27. The fraction of sp³-hybridized carbons (Fsp3) is 0.450. The number of unbranched alkanes of at least 4 members (excludes halogenated alkanes) is 1. The molecule has 0 N–H and O–H groups in total. The number of hydrogen-bond acceptors (Lipinski definition) is 2. The van der Waals surface area contributed by atoms with Gasteiger partial charge in [0.2, 0.25) is 0 Å². The molecule has 30 heavy (non-hydrogen) atoms. The van der Waals surface area contributed by atoms with Crippen LogP contribution < -0.4 is 4.74 Å². The molecule has 0 fully saturated rings. The van der Waals surface area contributed by atoms with Gasteiger partial charge in [-0.25, -0.2) is 4.39 Å². The molecule has 0 spiro atoms. The third-order valence-electron chi connectivity index (χ3n) is 4.25. The number of hydrogen-bond donors (Lipinski definition) is 0. The number of alkyl halides is 7. The first-order valence-corrected chi connectivity index (χ1v) is 8.83. The zero-order valence-electron chi connectivity index (χ0n) is 16.1. The maximum atomic E-state index is 13.9. The third kappa shape index (κ3) is 5.82. The molecule has 0 bridgehead atoms. The number of carbonyl (C=O) groups excluding carboxylic acids is 1. The van der Waals surface area contributed by atoms with Crippen LogP contribution in [0, 0.1) is 5.92 Å². The maximum absolute atomic E-state index is 13.9. The first-order valence-electron chi connectivity index (χ1n) is 8.83. The third-order valence-corrected chi connectivity index (χ3v) is 4.25. The van der Waals surface area contributed by atoms with Crippen LogP contribution in [0.5, 0.6) is 5.75 Å². The standard InChI is InChI=1S/C20H20F8O2/c1-3-4-5-13(10-15(12-29)14-6-8-16(30-2)9-7-14)11-17(21)18(22,23)19(24,25)20(26,27)28/h6-13H,3-5H2,1-2H3/b15-10-,17-11-. The topological polar surface area (TPSA) is 26.3 Å². The summed E-state index contributed by atoms with van der Waals surface area (Å²) in [5, 5.41) is 0. The van der Waals surface area contributed by atoms with Crippen LogP contribution in [0.3, 0.4) is 0 Å². The fourth-order valence-corrected chi connectivity index (χ4v) is 2.49. The van der Waals surface area contributed by atoms with Crippen molar-refractivity contribution in [2.45, 2.75) is 44.2 Å². The van der Waals surface area contributed by atoms with E-state index in [1.165, 1.54) is 31.4 Å². The van der Waals surface area contributed by atoms with Crippen molar-refractivity contribution in [3.05, 3.63) is 47.8 Å². The van der Waals surface area contributed by atoms with E-state index in [0.29, 0.717) is 30.4 Å². The molecule has 0 aliphatic heterocycles. The van der Waals surface area contributed by atoms with Gasteiger partial charge in [0.1, 0.15) is 12.0 Å². The zero-order chi connectivity index (χ0) is 23.2. The highest BCUT2D eigenvalue weighted by atomic mass is 19.4. The molecule has 1 aromatic rings. The number of aldehydes is 1. The van der Waals surface area contributed by atoms with Gasteiger partial charge < -0.3 is 4.74 Å². The molecular formula is C20H20F8O2. The van der Waals surface area contributed by atoms with Gasteiger partial charge in [0.25, 0.3) is 0 Å². The summed E-state index contributed by atoms with van der Waals surface area (Å²) in [6.07, 6.45) is -4.48. The second kappa shape index (κ2) is 10.1. The van der Waals surface area contributed by atoms with Gasteiger partial charge >= 0.3 is 18.0 Å². The number of halogens is 8. The highest BCUT2D eigenvalue weighted by molar-refractivity contribution is 6.06. The first kappa shape index (κ1) is 25.6. The minimum atomic E-state index is -6.65. The molecule has 0 saturated heterocycles. The average Bonchev–Trinajstić information content (AvgIpc) is 2.68. The monoisotopic (exact) mass is 444 g/mol. The lowest BCUT2D eigenvalue weighted by atomic mass is 9.94. The van der Waals surface area contributed by atoms with Crippen molar-refractivity contribution in [2.24, 2.45) is 5.92 Å². The molecule has 0 radical (unpaired) electrons. The number of rotatable bonds is 10. The van der Waals surface area contributed by atoms with Gasteiger partial charge in [-0.3, -0.25) is 4.79 Å². The lowest BCUT2D eigenvalue weighted by Crippen LogP contribution is -2.52. The van der Waals surface area contributed by atoms with Crippen molar-refractivity contribution >= 4 is 11.9 Å². The molecule has 1 aromatic carbocycles. The Labute approximate surface area is 168 Å². The van der Waals surface area contributed by atoms with Crippen LogP contribution in [0.4, 0.5) is 35.1 Å². The number of benzene rings is 1. The van der Waals surface area contributed by atoms with E-state index in [-0.39, 0.29) is 18.1 Å². The van der Waals surface area contributed by atoms with Crippen LogP contribution >= 0.6 is 0 Å². The fourth-order valence-electron chi connectivity index (χ4n) is 2.49. The molecule has 1 atom stereocenters. The van der Waals surface area contributed by atoms with Gasteiger partial charge in [0, 0.05) is 5.57 Å². The van der Waals surface area contributed by atoms with Crippen molar-refractivity contribution in [3.63, 3.8) is 0 Å². The molecule has 0 aliphatic carbocycles. The van der Waals surface area contributed by atoms with E-state index in [1.807, 2.05) is 0 Å². The van der Waals surface area contributed by atoms with Crippen molar-refractivity contribution in [3.8, 4) is 5.75 Å². The summed E-state index contributed by atoms with van der Waals surface area (Å²) in [5.74, 6) is -16.5. The molecule has 0 amide bonds. The molecule has 0 aliphatic rings. The van der Waals surface area contributed by atoms with E-state index < -0.39 is 29.8 Å². The molecule has 0 saturated carbocycles. The number of ether oxygens (including phenoxy) is 1. The minimum absolute atomic E-state index is 0.00231. The second-order valence-electron chi connectivity index (χ2n) is 6.44. The Balaban J connectivity index is 3.35. The SMILES string of the molecule is CCCCC(/C=C(\F)C(F)(F)C(F)(F)C(F)(F)F)/C=C(/C=O)c1ccc(OC)cc1. The van der Waals surface area contributed by atoms with Crippen LogP contribution in [-0.4, -0.2) is 31.4 Å². The number of allylic oxidation sites excluding steroid dienone is 4. The summed E-state index contributed by atoms with van der Waals surface area (Å²) in [5.41, 5.74) is 0.224. The van der Waals surface area contributed by atoms with Gasteiger partial charge in [-0.15, -0.1) is 0 Å². The second-order valence-corrected chi connectivity index (χ2v) is 6.44. The highest BCUT2D eigenvalue weighted by Crippen LogP contribution is 2.50. The molecule has 168 valence electrons. The molecule has 0 aromatic heterocycles. The van der Waals surface area contributed by atoms with Crippen LogP contribution in [0.2, 0.25) is 0 Å². The van der Waals surface area contributed by atoms with Crippen LogP contribution in [-0.2, 0) is 4.79 Å². The molecule has 1 unspecified atom stereocenters. The molecule has 0 heterocycles. The largest absolute Gasteiger partial charge is 0.497 e. The Kier molecular flexibility index (Phi) is 8.62. The summed E-state index contributed by atoms with van der Waals surface area (Å²) in [4.78, 5) is 11.4. The summed E-state index contributed by atoms with van der Waals surface area (Å²) >= 11 is 0. The first-order chi connectivity index (χ1) is 13.8. The summed E-state index contributed by atoms with van der Waals surface area (Å²) in [6.45, 7) is 1.71. The molecule has 1 rings (SSSR count). The van der Waals surface area contributed by atoms with E-state index in [1.54, 1.807) is 6.92 Å². The van der Waals surface area contributed by atoms with E-state index >= 15 is 0 Å². The Morgan fingerprint density at radius 3 is 2.03 bits per heavy atom. The number of carbonyl (C=O) groups is 1. The van der Waals surface area contributed by atoms with Crippen molar-refractivity contribution in [1.82, 2.24) is 0 Å². The van der Waals surface area contributed by atoms with Gasteiger partial charge in [-0.05, 0) is 36.1 Å². The highest BCUT2D eigenvalue weighted by Gasteiger charge is 2.74. The van der Waals surface area contributed by atoms with E-state index in [9.17, 15) is 39.9 Å². The number of methoxy groups -OCH3 is 1. The predicted molar refractivity (Wildman–Crippen MR) is 95.2 cm³/mol. The normalized spacial score (nSPS) is 15.1. The molecule has 10 heteroatoms. The van der Waals surface area contributed by atoms with Gasteiger partial charge in [-0.2, -0.15) is 30.7 Å². The predicted octanol–water partition coefficient (Wildman–Crippen LogP) is 6.77. The smallest absolute Gasteiger partial charge is 0.460 e. The van der Waals surface area contributed by atoms with Crippen LogP contribution in [0.1, 0.15) is 31.7 Å². The average molecular weight is 444 g/mol. The van der Waals surface area contributed by atoms with Crippen molar-refractivity contribution in [2.75, 3.05) is 7.11 Å². The van der Waals surface area contributed by atoms with E-state index in [2.05, 4.69) is 0 Å². The van der Waals surface area contributed by atoms with Crippen LogP contribution in [0.25, 0.3) is 5.57 Å². The van der Waals surface area contributed by atoms with Crippen molar-refractivity contribution in [1.29, 1.82) is 0 Å². The Hall–Kier alpha value is -2.39. The Morgan fingerprint density at radius 2 is 1.60 bits per heavy atom.